The number of ether oxygens (including phenoxy) is 1. The molecule has 7 nitrogen and oxygen atoms in total. The van der Waals surface area contributed by atoms with Crippen LogP contribution in [0.3, 0.4) is 0 Å². The number of anilines is 1. The topological polar surface area (TPSA) is 93.4 Å². The number of aliphatic hydroxyl groups excluding tert-OH is 1. The second-order valence-corrected chi connectivity index (χ2v) is 7.20. The smallest absolute Gasteiger partial charge is 0.257 e. The maximum Gasteiger partial charge on any atom is 0.257 e. The molecule has 2 N–H and O–H groups in total. The highest BCUT2D eigenvalue weighted by atomic mass is 35.5. The van der Waals surface area contributed by atoms with Crippen molar-refractivity contribution in [2.45, 2.75) is 19.9 Å². The molecule has 9 heteroatoms. The molecule has 0 bridgehead atoms. The first-order chi connectivity index (χ1) is 14.8. The fraction of sp³-hybridized carbons (Fsp3) is 0.227. The molecule has 1 amide bonds. The summed E-state index contributed by atoms with van der Waals surface area (Å²) in [6.07, 6.45) is 0.0881. The molecule has 0 aliphatic heterocycles. The second kappa shape index (κ2) is 9.72. The summed E-state index contributed by atoms with van der Waals surface area (Å²) >= 11 is 6.00. The molecule has 162 valence electrons. The minimum atomic E-state index is -0.527. The van der Waals surface area contributed by atoms with E-state index in [9.17, 15) is 19.1 Å². The molecule has 2 aromatic carbocycles. The number of amides is 1. The third-order valence-electron chi connectivity index (χ3n) is 4.65. The first-order valence-electron chi connectivity index (χ1n) is 9.44. The first-order valence-corrected chi connectivity index (χ1v) is 9.82. The monoisotopic (exact) mass is 445 g/mol. The van der Waals surface area contributed by atoms with Crippen LogP contribution in [-0.4, -0.2) is 34.3 Å². The van der Waals surface area contributed by atoms with Crippen molar-refractivity contribution in [1.82, 2.24) is 9.55 Å². The Morgan fingerprint density at radius 1 is 1.29 bits per heavy atom. The molecule has 0 saturated carbocycles. The average Bonchev–Trinajstić information content (AvgIpc) is 2.73. The van der Waals surface area contributed by atoms with Gasteiger partial charge in [0.25, 0.3) is 5.56 Å². The van der Waals surface area contributed by atoms with Gasteiger partial charge in [0, 0.05) is 34.9 Å². The lowest BCUT2D eigenvalue weighted by Gasteiger charge is -2.16. The van der Waals surface area contributed by atoms with Gasteiger partial charge in [-0.2, -0.15) is 0 Å². The summed E-state index contributed by atoms with van der Waals surface area (Å²) in [7, 11) is 1.45. The van der Waals surface area contributed by atoms with E-state index in [1.807, 2.05) is 0 Å². The van der Waals surface area contributed by atoms with Gasteiger partial charge in [0.15, 0.2) is 0 Å². The van der Waals surface area contributed by atoms with Gasteiger partial charge in [-0.25, -0.2) is 9.37 Å². The van der Waals surface area contributed by atoms with E-state index < -0.39 is 17.3 Å². The Kier molecular flexibility index (Phi) is 7.04. The number of nitrogens with zero attached hydrogens (tertiary/aromatic N) is 2. The minimum absolute atomic E-state index is 0.0881. The Morgan fingerprint density at radius 3 is 2.74 bits per heavy atom. The van der Waals surface area contributed by atoms with Crippen molar-refractivity contribution >= 4 is 23.2 Å². The molecule has 0 radical (unpaired) electrons. The highest BCUT2D eigenvalue weighted by Gasteiger charge is 2.19. The first kappa shape index (κ1) is 22.5. The number of aliphatic hydroxyl groups is 1. The lowest BCUT2D eigenvalue weighted by molar-refractivity contribution is -0.116. The molecule has 31 heavy (non-hydrogen) atoms. The molecule has 0 saturated heterocycles. The largest absolute Gasteiger partial charge is 0.495 e. The summed E-state index contributed by atoms with van der Waals surface area (Å²) in [6, 6.07) is 10.4. The van der Waals surface area contributed by atoms with Crippen LogP contribution in [0.5, 0.6) is 5.75 Å². The number of hydrogen-bond acceptors (Lipinski definition) is 5. The van der Waals surface area contributed by atoms with Crippen LogP contribution in [0.4, 0.5) is 10.1 Å². The van der Waals surface area contributed by atoms with Crippen LogP contribution in [0.25, 0.3) is 11.4 Å². The predicted molar refractivity (Wildman–Crippen MR) is 116 cm³/mol. The van der Waals surface area contributed by atoms with Crippen LogP contribution in [0.15, 0.2) is 47.3 Å². The van der Waals surface area contributed by atoms with Crippen molar-refractivity contribution in [2.24, 2.45) is 0 Å². The highest BCUT2D eigenvalue weighted by molar-refractivity contribution is 6.31. The van der Waals surface area contributed by atoms with Crippen molar-refractivity contribution in [3.05, 3.63) is 74.9 Å². The number of aryl methyl sites for hydroxylation is 1. The summed E-state index contributed by atoms with van der Waals surface area (Å²) < 4.78 is 20.2. The molecule has 0 spiro atoms. The third kappa shape index (κ3) is 5.10. The minimum Gasteiger partial charge on any atom is -0.495 e. The van der Waals surface area contributed by atoms with E-state index in [1.54, 1.807) is 25.1 Å². The van der Waals surface area contributed by atoms with E-state index in [2.05, 4.69) is 10.3 Å². The molecule has 0 aliphatic carbocycles. The van der Waals surface area contributed by atoms with Crippen molar-refractivity contribution in [3.8, 4) is 17.1 Å². The number of nitrogens with one attached hydrogen (secondary N) is 1. The van der Waals surface area contributed by atoms with Crippen LogP contribution >= 0.6 is 11.6 Å². The van der Waals surface area contributed by atoms with Crippen LogP contribution in [0, 0.1) is 12.7 Å². The second-order valence-electron chi connectivity index (χ2n) is 6.77. The summed E-state index contributed by atoms with van der Waals surface area (Å²) in [5.41, 5.74) is 0.913. The number of benzene rings is 2. The van der Waals surface area contributed by atoms with Gasteiger partial charge in [0.2, 0.25) is 5.91 Å². The van der Waals surface area contributed by atoms with Crippen molar-refractivity contribution in [2.75, 3.05) is 19.0 Å². The molecular weight excluding hydrogens is 425 g/mol. The highest BCUT2D eigenvalue weighted by Crippen LogP contribution is 2.28. The standard InChI is InChI=1S/C22H21ClFN3O4/c1-13-17(8-9-28)22(30)27(21(25-13)14-4-3-5-16(24)10-14)12-20(29)26-18-11-15(23)6-7-19(18)31-2/h3-7,10-11,28H,8-9,12H2,1-2H3,(H,26,29). The maximum atomic E-state index is 13.8. The number of rotatable bonds is 7. The van der Waals surface area contributed by atoms with E-state index in [0.717, 1.165) is 0 Å². The summed E-state index contributed by atoms with van der Waals surface area (Å²) in [6.45, 7) is 1.01. The molecule has 0 unspecified atom stereocenters. The zero-order valence-corrected chi connectivity index (χ0v) is 17.7. The van der Waals surface area contributed by atoms with Gasteiger partial charge < -0.3 is 15.2 Å². The van der Waals surface area contributed by atoms with Crippen LogP contribution < -0.4 is 15.6 Å². The number of methoxy groups -OCH3 is 1. The predicted octanol–water partition coefficient (Wildman–Crippen LogP) is 3.19. The Hall–Kier alpha value is -3.23. The van der Waals surface area contributed by atoms with Gasteiger partial charge in [0.05, 0.1) is 12.8 Å². The summed E-state index contributed by atoms with van der Waals surface area (Å²) in [4.78, 5) is 30.3. The lowest BCUT2D eigenvalue weighted by Crippen LogP contribution is -2.33. The van der Waals surface area contributed by atoms with Gasteiger partial charge in [-0.15, -0.1) is 0 Å². The Bertz CT molecular complexity index is 1180. The number of aromatic nitrogens is 2. The molecule has 0 fully saturated rings. The molecule has 0 atom stereocenters. The van der Waals surface area contributed by atoms with Gasteiger partial charge >= 0.3 is 0 Å². The fourth-order valence-electron chi connectivity index (χ4n) is 3.21. The molecule has 1 aromatic heterocycles. The van der Waals surface area contributed by atoms with E-state index in [1.165, 1.54) is 35.9 Å². The maximum absolute atomic E-state index is 13.8. The summed E-state index contributed by atoms with van der Waals surface area (Å²) in [5.74, 6) is -0.472. The van der Waals surface area contributed by atoms with E-state index in [-0.39, 0.29) is 31.0 Å². The zero-order valence-electron chi connectivity index (χ0n) is 17.0. The van der Waals surface area contributed by atoms with Crippen molar-refractivity contribution in [1.29, 1.82) is 0 Å². The lowest BCUT2D eigenvalue weighted by atomic mass is 10.1. The molecule has 1 heterocycles. The van der Waals surface area contributed by atoms with Gasteiger partial charge in [0.1, 0.15) is 23.9 Å². The number of hydrogen-bond donors (Lipinski definition) is 2. The Labute approximate surface area is 183 Å². The van der Waals surface area contributed by atoms with E-state index in [4.69, 9.17) is 16.3 Å². The van der Waals surface area contributed by atoms with Crippen LogP contribution in [0.2, 0.25) is 5.02 Å². The van der Waals surface area contributed by atoms with E-state index >= 15 is 0 Å². The molecule has 3 aromatic rings. The van der Waals surface area contributed by atoms with E-state index in [0.29, 0.717) is 27.7 Å². The van der Waals surface area contributed by atoms with Gasteiger partial charge in [-0.3, -0.25) is 14.2 Å². The van der Waals surface area contributed by atoms with Gasteiger partial charge in [-0.1, -0.05) is 23.7 Å². The summed E-state index contributed by atoms with van der Waals surface area (Å²) in [5, 5.41) is 12.4. The average molecular weight is 446 g/mol. The SMILES string of the molecule is COc1ccc(Cl)cc1NC(=O)Cn1c(-c2cccc(F)c2)nc(C)c(CCO)c1=O. The molecular formula is C22H21ClFN3O4. The normalized spacial score (nSPS) is 10.7. The Balaban J connectivity index is 2.04. The van der Waals surface area contributed by atoms with Crippen LogP contribution in [-0.2, 0) is 17.8 Å². The van der Waals surface area contributed by atoms with Crippen molar-refractivity contribution < 1.29 is 19.0 Å². The molecule has 3 rings (SSSR count). The molecule has 0 aliphatic rings. The fourth-order valence-corrected chi connectivity index (χ4v) is 3.38. The number of carbonyl (C=O) groups is 1. The van der Waals surface area contributed by atoms with Crippen LogP contribution in [0.1, 0.15) is 11.3 Å². The Morgan fingerprint density at radius 2 is 2.06 bits per heavy atom. The zero-order chi connectivity index (χ0) is 22.5. The third-order valence-corrected chi connectivity index (χ3v) is 4.89. The quantitative estimate of drug-likeness (QED) is 0.582. The number of carbonyl (C=O) groups excluding carboxylic acids is 1. The van der Waals surface area contributed by atoms with Gasteiger partial charge in [-0.05, 0) is 37.3 Å². The van der Waals surface area contributed by atoms with Crippen molar-refractivity contribution in [3.63, 3.8) is 0 Å². The number of halogens is 2.